The van der Waals surface area contributed by atoms with Gasteiger partial charge in [-0.1, -0.05) is 0 Å². The van der Waals surface area contributed by atoms with Gasteiger partial charge < -0.3 is 75.2 Å². The molecule has 0 amide bonds. The van der Waals surface area contributed by atoms with Crippen LogP contribution in [0, 0.1) is 5.92 Å². The topological polar surface area (TPSA) is 267 Å². The van der Waals surface area contributed by atoms with Crippen LogP contribution in [-0.4, -0.2) is 162 Å². The number of hydrogen-bond donors (Lipinski definition) is 11. The minimum atomic E-state index is -2.07. The number of hydrogen-bond acceptors (Lipinski definition) is 15. The Morgan fingerprint density at radius 2 is 1.53 bits per heavy atom. The van der Waals surface area contributed by atoms with Gasteiger partial charge in [-0.15, -0.1) is 0 Å². The van der Waals surface area contributed by atoms with E-state index in [1.54, 1.807) is 0 Å². The number of ether oxygens (including phenoxy) is 3. The van der Waals surface area contributed by atoms with E-state index in [0.29, 0.717) is 0 Å². The van der Waals surface area contributed by atoms with Crippen LogP contribution in [0.3, 0.4) is 0 Å². The summed E-state index contributed by atoms with van der Waals surface area (Å²) in [7, 11) is 0. The summed E-state index contributed by atoms with van der Waals surface area (Å²) in [6.45, 7) is -2.38. The smallest absolute Gasteiger partial charge is 0.187 e. The Bertz CT molecular complexity index is 623. The van der Waals surface area contributed by atoms with Crippen molar-refractivity contribution in [1.82, 2.24) is 0 Å². The molecule has 2 aliphatic rings. The zero-order valence-electron chi connectivity index (χ0n) is 18.0. The van der Waals surface area contributed by atoms with E-state index in [9.17, 15) is 61.0 Å². The molecule has 1 heterocycles. The van der Waals surface area contributed by atoms with Gasteiger partial charge in [-0.25, -0.2) is 0 Å². The highest BCUT2D eigenvalue weighted by molar-refractivity contribution is 5.56. The first-order valence-corrected chi connectivity index (χ1v) is 10.7. The van der Waals surface area contributed by atoms with Crippen LogP contribution in [-0.2, 0) is 19.0 Å². The van der Waals surface area contributed by atoms with Gasteiger partial charge >= 0.3 is 0 Å². The molecule has 0 radical (unpaired) electrons. The predicted molar refractivity (Wildman–Crippen MR) is 106 cm³/mol. The number of rotatable bonds is 11. The lowest BCUT2D eigenvalue weighted by Gasteiger charge is -2.47. The van der Waals surface area contributed by atoms with Crippen molar-refractivity contribution in [3.05, 3.63) is 0 Å². The summed E-state index contributed by atoms with van der Waals surface area (Å²) in [5.74, 6) is -0.901. The molecular weight excluding hydrogens is 468 g/mol. The fourth-order valence-electron chi connectivity index (χ4n) is 4.06. The molecule has 0 bridgehead atoms. The predicted octanol–water partition coefficient (Wildman–Crippen LogP) is -7.07. The number of aliphatic hydroxyl groups excluding tert-OH is 11. The number of carbonyl (C=O) groups excluding carboxylic acids is 1. The van der Waals surface area contributed by atoms with E-state index in [1.165, 1.54) is 0 Å². The Morgan fingerprint density at radius 3 is 2.06 bits per heavy atom. The van der Waals surface area contributed by atoms with Gasteiger partial charge in [0.05, 0.1) is 25.4 Å². The molecule has 1 aliphatic carbocycles. The van der Waals surface area contributed by atoms with E-state index in [1.807, 2.05) is 0 Å². The highest BCUT2D eigenvalue weighted by Crippen LogP contribution is 2.33. The van der Waals surface area contributed by atoms with Crippen molar-refractivity contribution < 1.29 is 75.2 Å². The van der Waals surface area contributed by atoms with E-state index in [-0.39, 0.29) is 12.7 Å². The second kappa shape index (κ2) is 12.9. The van der Waals surface area contributed by atoms with Gasteiger partial charge in [0.25, 0.3) is 0 Å². The van der Waals surface area contributed by atoms with Crippen LogP contribution in [0.5, 0.6) is 0 Å². The lowest BCUT2D eigenvalue weighted by molar-refractivity contribution is -0.340. The third-order valence-corrected chi connectivity index (χ3v) is 6.17. The zero-order chi connectivity index (χ0) is 25.7. The van der Waals surface area contributed by atoms with Crippen LogP contribution < -0.4 is 0 Å². The Labute approximate surface area is 194 Å². The van der Waals surface area contributed by atoms with Crippen LogP contribution >= 0.6 is 0 Å². The maximum atomic E-state index is 10.8. The monoisotopic (exact) mass is 502 g/mol. The molecular formula is C19H34O15. The van der Waals surface area contributed by atoms with E-state index >= 15 is 0 Å². The Morgan fingerprint density at radius 1 is 0.882 bits per heavy atom. The average Bonchev–Trinajstić information content (AvgIpc) is 2.84. The van der Waals surface area contributed by atoms with Gasteiger partial charge in [-0.2, -0.15) is 0 Å². The molecule has 15 nitrogen and oxygen atoms in total. The quantitative estimate of drug-likeness (QED) is 0.117. The highest BCUT2D eigenvalue weighted by atomic mass is 16.7. The molecule has 11 N–H and O–H groups in total. The van der Waals surface area contributed by atoms with Crippen LogP contribution in [0.2, 0.25) is 0 Å². The minimum absolute atomic E-state index is 0.0583. The Hall–Kier alpha value is -0.890. The first kappa shape index (κ1) is 29.3. The molecule has 2 rings (SSSR count). The molecule has 14 atom stereocenters. The van der Waals surface area contributed by atoms with E-state index < -0.39 is 105 Å². The van der Waals surface area contributed by atoms with Crippen molar-refractivity contribution >= 4 is 6.29 Å². The summed E-state index contributed by atoms with van der Waals surface area (Å²) >= 11 is 0. The number of carbonyl (C=O) groups is 1. The standard InChI is InChI=1S/C19H34O15/c20-2-6-1-9(13(28)15(30)11(6)26)32-18-14(29)10(5-23)33-19(16(18)31)34-17(8(25)4-22)12(27)7(24)3-21/h3,6-20,22-31H,1-2,4-5H2/t6-,7+,8-,9+,10-,11+,12-,13+,14+,15+,16-,17-,18+,19+/m1/s1. The SMILES string of the molecule is O=C[C@H](O)[C@@H](O)[C@H](O[C@@H]1O[C@H](CO)[C@H](O)[C@H](O[C@H]2C[C@H](CO)[C@H](O)[C@H](O)[C@H]2O)[C@H]1O)[C@H](O)CO. The van der Waals surface area contributed by atoms with Crippen LogP contribution in [0.25, 0.3) is 0 Å². The first-order valence-electron chi connectivity index (χ1n) is 10.7. The molecule has 34 heavy (non-hydrogen) atoms. The zero-order valence-corrected chi connectivity index (χ0v) is 18.0. The van der Waals surface area contributed by atoms with Gasteiger partial charge in [0.15, 0.2) is 12.6 Å². The summed E-state index contributed by atoms with van der Waals surface area (Å²) in [6.07, 6.45) is -22.8. The highest BCUT2D eigenvalue weighted by Gasteiger charge is 2.51. The largest absolute Gasteiger partial charge is 0.396 e. The number of aliphatic hydroxyl groups is 11. The lowest BCUT2D eigenvalue weighted by Crippen LogP contribution is -2.64. The normalized spacial score (nSPS) is 42.6. The Balaban J connectivity index is 2.25. The van der Waals surface area contributed by atoms with Crippen molar-refractivity contribution in [3.8, 4) is 0 Å². The number of aldehydes is 1. The summed E-state index contributed by atoms with van der Waals surface area (Å²) in [6, 6.07) is 0. The van der Waals surface area contributed by atoms with E-state index in [0.717, 1.165) is 0 Å². The second-order valence-electron chi connectivity index (χ2n) is 8.46. The molecule has 2 fully saturated rings. The average molecular weight is 502 g/mol. The van der Waals surface area contributed by atoms with Crippen LogP contribution in [0.4, 0.5) is 0 Å². The van der Waals surface area contributed by atoms with E-state index in [4.69, 9.17) is 14.2 Å². The molecule has 200 valence electrons. The lowest BCUT2D eigenvalue weighted by atomic mass is 9.81. The van der Waals surface area contributed by atoms with Gasteiger partial charge in [-0.3, -0.25) is 0 Å². The summed E-state index contributed by atoms with van der Waals surface area (Å²) in [5.41, 5.74) is 0. The molecule has 0 aromatic carbocycles. The third-order valence-electron chi connectivity index (χ3n) is 6.17. The van der Waals surface area contributed by atoms with Gasteiger partial charge in [0.1, 0.15) is 61.0 Å². The molecule has 0 aromatic heterocycles. The van der Waals surface area contributed by atoms with Crippen molar-refractivity contribution in [2.75, 3.05) is 19.8 Å². The van der Waals surface area contributed by atoms with Crippen LogP contribution in [0.1, 0.15) is 6.42 Å². The molecule has 1 saturated heterocycles. The molecule has 1 aliphatic heterocycles. The molecule has 0 aromatic rings. The molecule has 0 unspecified atom stereocenters. The maximum Gasteiger partial charge on any atom is 0.187 e. The van der Waals surface area contributed by atoms with Crippen molar-refractivity contribution in [2.45, 2.75) is 86.0 Å². The van der Waals surface area contributed by atoms with Crippen molar-refractivity contribution in [3.63, 3.8) is 0 Å². The van der Waals surface area contributed by atoms with Gasteiger partial charge in [0, 0.05) is 12.5 Å². The molecule has 1 saturated carbocycles. The molecule has 15 heteroatoms. The second-order valence-corrected chi connectivity index (χ2v) is 8.46. The van der Waals surface area contributed by atoms with Gasteiger partial charge in [0.2, 0.25) is 0 Å². The summed E-state index contributed by atoms with van der Waals surface area (Å²) < 4.78 is 16.2. The minimum Gasteiger partial charge on any atom is -0.396 e. The van der Waals surface area contributed by atoms with E-state index in [2.05, 4.69) is 0 Å². The summed E-state index contributed by atoms with van der Waals surface area (Å²) in [4.78, 5) is 10.8. The first-order chi connectivity index (χ1) is 16.0. The van der Waals surface area contributed by atoms with Crippen LogP contribution in [0.15, 0.2) is 0 Å². The third kappa shape index (κ3) is 6.26. The summed E-state index contributed by atoms with van der Waals surface area (Å²) in [5, 5.41) is 109. The maximum absolute atomic E-state index is 10.8. The molecule has 0 spiro atoms. The fourth-order valence-corrected chi connectivity index (χ4v) is 4.06. The fraction of sp³-hybridized carbons (Fsp3) is 0.947. The van der Waals surface area contributed by atoms with Crippen molar-refractivity contribution in [1.29, 1.82) is 0 Å². The van der Waals surface area contributed by atoms with Gasteiger partial charge in [-0.05, 0) is 6.42 Å². The Kier molecular flexibility index (Phi) is 11.1. The van der Waals surface area contributed by atoms with Crippen molar-refractivity contribution in [2.24, 2.45) is 5.92 Å².